The molecule has 0 radical (unpaired) electrons. The summed E-state index contributed by atoms with van der Waals surface area (Å²) in [6, 6.07) is 11.6. The normalized spacial score (nSPS) is 20.5. The molecule has 3 amide bonds. The summed E-state index contributed by atoms with van der Waals surface area (Å²) in [7, 11) is 0. The molecule has 2 aliphatic heterocycles. The van der Waals surface area contributed by atoms with Crippen molar-refractivity contribution < 1.29 is 9.59 Å². The first-order chi connectivity index (χ1) is 11.7. The monoisotopic (exact) mass is 341 g/mol. The zero-order chi connectivity index (χ0) is 16.5. The molecule has 2 saturated heterocycles. The van der Waals surface area contributed by atoms with Crippen molar-refractivity contribution >= 4 is 29.0 Å². The molecule has 0 spiro atoms. The minimum atomic E-state index is -0.0774. The van der Waals surface area contributed by atoms with Crippen LogP contribution in [0.15, 0.2) is 41.8 Å². The van der Waals surface area contributed by atoms with Gasteiger partial charge in [0.2, 0.25) is 0 Å². The fourth-order valence-electron chi connectivity index (χ4n) is 3.45. The Balaban J connectivity index is 1.53. The third kappa shape index (κ3) is 2.67. The minimum Gasteiger partial charge on any atom is -0.336 e. The molecule has 0 aliphatic carbocycles. The van der Waals surface area contributed by atoms with E-state index in [9.17, 15) is 9.59 Å². The number of anilines is 1. The average Bonchev–Trinajstić information content (AvgIpc) is 3.35. The van der Waals surface area contributed by atoms with Gasteiger partial charge in [-0.25, -0.2) is 4.79 Å². The maximum Gasteiger partial charge on any atom is 0.321 e. The summed E-state index contributed by atoms with van der Waals surface area (Å²) in [6.07, 6.45) is 2.07. The van der Waals surface area contributed by atoms with Gasteiger partial charge in [-0.1, -0.05) is 6.07 Å². The number of carbonyl (C=O) groups excluding carboxylic acids is 2. The molecule has 4 rings (SSSR count). The highest BCUT2D eigenvalue weighted by molar-refractivity contribution is 7.10. The van der Waals surface area contributed by atoms with Gasteiger partial charge < -0.3 is 10.2 Å². The van der Waals surface area contributed by atoms with Gasteiger partial charge in [0.1, 0.15) is 0 Å². The van der Waals surface area contributed by atoms with Crippen LogP contribution in [0.3, 0.4) is 0 Å². The Morgan fingerprint density at radius 2 is 2.00 bits per heavy atom. The van der Waals surface area contributed by atoms with Gasteiger partial charge in [-0.15, -0.1) is 11.3 Å². The predicted molar refractivity (Wildman–Crippen MR) is 94.5 cm³/mol. The van der Waals surface area contributed by atoms with E-state index in [0.717, 1.165) is 25.1 Å². The maximum absolute atomic E-state index is 12.9. The van der Waals surface area contributed by atoms with Crippen molar-refractivity contribution in [3.05, 3.63) is 52.2 Å². The van der Waals surface area contributed by atoms with Gasteiger partial charge in [0, 0.05) is 35.8 Å². The lowest BCUT2D eigenvalue weighted by molar-refractivity contribution is 0.0738. The van der Waals surface area contributed by atoms with Crippen LogP contribution in [0.2, 0.25) is 0 Å². The fraction of sp³-hybridized carbons (Fsp3) is 0.333. The lowest BCUT2D eigenvalue weighted by Crippen LogP contribution is -2.30. The summed E-state index contributed by atoms with van der Waals surface area (Å²) in [6.45, 7) is 2.13. The molecule has 2 aliphatic rings. The van der Waals surface area contributed by atoms with E-state index < -0.39 is 0 Å². The summed E-state index contributed by atoms with van der Waals surface area (Å²) in [4.78, 5) is 29.5. The largest absolute Gasteiger partial charge is 0.336 e. The number of rotatable bonds is 3. The van der Waals surface area contributed by atoms with Crippen LogP contribution in [0, 0.1) is 0 Å². The quantitative estimate of drug-likeness (QED) is 0.932. The lowest BCUT2D eigenvalue weighted by Gasteiger charge is -2.24. The van der Waals surface area contributed by atoms with E-state index in [-0.39, 0.29) is 18.0 Å². The molecule has 1 aromatic carbocycles. The molecule has 0 bridgehead atoms. The number of nitrogens with zero attached hydrogens (tertiary/aromatic N) is 2. The van der Waals surface area contributed by atoms with Crippen molar-refractivity contribution in [2.24, 2.45) is 0 Å². The van der Waals surface area contributed by atoms with E-state index in [4.69, 9.17) is 0 Å². The van der Waals surface area contributed by atoms with Crippen molar-refractivity contribution in [2.75, 3.05) is 24.5 Å². The van der Waals surface area contributed by atoms with Gasteiger partial charge in [0.15, 0.2) is 0 Å². The van der Waals surface area contributed by atoms with E-state index in [2.05, 4.69) is 16.8 Å². The van der Waals surface area contributed by atoms with Crippen LogP contribution >= 0.6 is 11.3 Å². The Morgan fingerprint density at radius 1 is 1.17 bits per heavy atom. The highest BCUT2D eigenvalue weighted by atomic mass is 32.1. The molecule has 2 aromatic rings. The topological polar surface area (TPSA) is 52.7 Å². The standard InChI is InChI=1S/C18H19N3O2S/c22-17(21-10-1-3-15(21)16-4-2-12-24-16)13-5-7-14(8-6-13)20-11-9-19-18(20)23/h2,4-8,12,15H,1,3,9-11H2,(H,19,23). The Labute approximate surface area is 144 Å². The number of likely N-dealkylation sites (tertiary alicyclic amines) is 1. The molecule has 1 aromatic heterocycles. The Morgan fingerprint density at radius 3 is 2.67 bits per heavy atom. The third-order valence-corrected chi connectivity index (χ3v) is 5.64. The van der Waals surface area contributed by atoms with Crippen molar-refractivity contribution in [1.82, 2.24) is 10.2 Å². The summed E-state index contributed by atoms with van der Waals surface area (Å²) in [5.41, 5.74) is 1.51. The lowest BCUT2D eigenvalue weighted by atomic mass is 10.1. The Bertz CT molecular complexity index is 742. The predicted octanol–water partition coefficient (Wildman–Crippen LogP) is 3.26. The second-order valence-electron chi connectivity index (χ2n) is 6.10. The molecule has 0 saturated carbocycles. The van der Waals surface area contributed by atoms with Crippen LogP contribution in [0.4, 0.5) is 10.5 Å². The highest BCUT2D eigenvalue weighted by Crippen LogP contribution is 2.35. The van der Waals surface area contributed by atoms with Crippen molar-refractivity contribution in [3.8, 4) is 0 Å². The maximum atomic E-state index is 12.9. The molecule has 5 nitrogen and oxygen atoms in total. The van der Waals surface area contributed by atoms with Crippen LogP contribution < -0.4 is 10.2 Å². The zero-order valence-corrected chi connectivity index (χ0v) is 14.1. The van der Waals surface area contributed by atoms with Crippen LogP contribution in [-0.2, 0) is 0 Å². The third-order valence-electron chi connectivity index (χ3n) is 4.67. The Kier molecular flexibility index (Phi) is 3.98. The smallest absolute Gasteiger partial charge is 0.321 e. The first-order valence-electron chi connectivity index (χ1n) is 8.24. The number of thiophene rings is 1. The number of amides is 3. The summed E-state index contributed by atoms with van der Waals surface area (Å²) in [5, 5.41) is 4.85. The molecule has 1 atom stereocenters. The molecular formula is C18H19N3O2S. The Hall–Kier alpha value is -2.34. The van der Waals surface area contributed by atoms with Gasteiger partial charge in [-0.05, 0) is 48.6 Å². The number of hydrogen-bond donors (Lipinski definition) is 1. The average molecular weight is 341 g/mol. The zero-order valence-electron chi connectivity index (χ0n) is 13.3. The molecule has 2 fully saturated rings. The van der Waals surface area contributed by atoms with Gasteiger partial charge in [0.05, 0.1) is 6.04 Å². The van der Waals surface area contributed by atoms with Gasteiger partial charge in [-0.2, -0.15) is 0 Å². The number of benzene rings is 1. The van der Waals surface area contributed by atoms with Crippen molar-refractivity contribution in [1.29, 1.82) is 0 Å². The van der Waals surface area contributed by atoms with Crippen LogP contribution in [-0.4, -0.2) is 36.5 Å². The second kappa shape index (κ2) is 6.28. The van der Waals surface area contributed by atoms with Gasteiger partial charge in [-0.3, -0.25) is 9.69 Å². The number of carbonyl (C=O) groups is 2. The molecule has 6 heteroatoms. The fourth-order valence-corrected chi connectivity index (χ4v) is 4.33. The molecule has 1 unspecified atom stereocenters. The van der Waals surface area contributed by atoms with Crippen LogP contribution in [0.25, 0.3) is 0 Å². The van der Waals surface area contributed by atoms with Crippen LogP contribution in [0.1, 0.15) is 34.1 Å². The van der Waals surface area contributed by atoms with Gasteiger partial charge >= 0.3 is 6.03 Å². The summed E-state index contributed by atoms with van der Waals surface area (Å²) < 4.78 is 0. The van der Waals surface area contributed by atoms with Crippen molar-refractivity contribution in [3.63, 3.8) is 0 Å². The highest BCUT2D eigenvalue weighted by Gasteiger charge is 2.31. The molecule has 3 heterocycles. The molecular weight excluding hydrogens is 322 g/mol. The van der Waals surface area contributed by atoms with E-state index in [0.29, 0.717) is 18.7 Å². The second-order valence-corrected chi connectivity index (χ2v) is 7.08. The summed E-state index contributed by atoms with van der Waals surface area (Å²) >= 11 is 1.71. The first kappa shape index (κ1) is 15.2. The molecule has 124 valence electrons. The summed E-state index contributed by atoms with van der Waals surface area (Å²) in [5.74, 6) is 0.0725. The van der Waals surface area contributed by atoms with E-state index >= 15 is 0 Å². The number of hydrogen-bond acceptors (Lipinski definition) is 3. The number of urea groups is 1. The first-order valence-corrected chi connectivity index (χ1v) is 9.12. The molecule has 24 heavy (non-hydrogen) atoms. The van der Waals surface area contributed by atoms with E-state index in [1.165, 1.54) is 4.88 Å². The van der Waals surface area contributed by atoms with E-state index in [1.54, 1.807) is 16.2 Å². The molecule has 1 N–H and O–H groups in total. The van der Waals surface area contributed by atoms with Crippen LogP contribution in [0.5, 0.6) is 0 Å². The van der Waals surface area contributed by atoms with Gasteiger partial charge in [0.25, 0.3) is 5.91 Å². The SMILES string of the molecule is O=C1NCCN1c1ccc(C(=O)N2CCCC2c2cccs2)cc1. The number of nitrogens with one attached hydrogen (secondary N) is 1. The van der Waals surface area contributed by atoms with Crippen molar-refractivity contribution in [2.45, 2.75) is 18.9 Å². The minimum absolute atomic E-state index is 0.0725. The van der Waals surface area contributed by atoms with E-state index in [1.807, 2.05) is 35.2 Å².